The molecule has 0 atom stereocenters. The van der Waals surface area contributed by atoms with Crippen molar-refractivity contribution in [3.8, 4) is 0 Å². The Bertz CT molecular complexity index is 910. The van der Waals surface area contributed by atoms with E-state index < -0.39 is 0 Å². The van der Waals surface area contributed by atoms with Crippen molar-refractivity contribution in [1.29, 1.82) is 0 Å². The molecule has 2 heterocycles. The fourth-order valence-electron chi connectivity index (χ4n) is 2.87. The molecule has 1 aliphatic carbocycles. The van der Waals surface area contributed by atoms with Gasteiger partial charge in [-0.3, -0.25) is 10.1 Å². The van der Waals surface area contributed by atoms with Crippen LogP contribution in [0.5, 0.6) is 0 Å². The smallest absolute Gasteiger partial charge is 0.259 e. The van der Waals surface area contributed by atoms with E-state index in [1.54, 1.807) is 23.7 Å². The molecule has 8 heteroatoms. The van der Waals surface area contributed by atoms with Crippen molar-refractivity contribution in [2.75, 3.05) is 17.2 Å². The zero-order chi connectivity index (χ0) is 18.0. The van der Waals surface area contributed by atoms with Gasteiger partial charge in [-0.05, 0) is 36.6 Å². The van der Waals surface area contributed by atoms with Gasteiger partial charge in [-0.2, -0.15) is 0 Å². The summed E-state index contributed by atoms with van der Waals surface area (Å²) in [6, 6.07) is 10.3. The third kappa shape index (κ3) is 3.41. The van der Waals surface area contributed by atoms with Crippen LogP contribution in [0, 0.1) is 5.82 Å². The molecule has 1 amide bonds. The molecule has 2 N–H and O–H groups in total. The Morgan fingerprint density at radius 2 is 2.08 bits per heavy atom. The molecule has 0 bridgehead atoms. The van der Waals surface area contributed by atoms with Crippen LogP contribution in [0.25, 0.3) is 0 Å². The van der Waals surface area contributed by atoms with Gasteiger partial charge in [0.15, 0.2) is 0 Å². The van der Waals surface area contributed by atoms with Gasteiger partial charge in [0.1, 0.15) is 17.1 Å². The molecule has 26 heavy (non-hydrogen) atoms. The van der Waals surface area contributed by atoms with Crippen LogP contribution < -0.4 is 10.6 Å². The lowest BCUT2D eigenvalue weighted by Gasteiger charge is -2.17. The Morgan fingerprint density at radius 1 is 1.23 bits per heavy atom. The number of amides is 1. The molecule has 0 spiro atoms. The van der Waals surface area contributed by atoms with Crippen LogP contribution in [0.4, 0.5) is 15.3 Å². The third-order valence-corrected chi connectivity index (χ3v) is 5.12. The highest BCUT2D eigenvalue weighted by atomic mass is 32.1. The molecule has 0 unspecified atom stereocenters. The quantitative estimate of drug-likeness (QED) is 0.695. The fraction of sp³-hybridized carbons (Fsp3) is 0.222. The van der Waals surface area contributed by atoms with Crippen LogP contribution in [0.1, 0.15) is 28.8 Å². The number of carbonyl (C=O) groups is 1. The zero-order valence-electron chi connectivity index (χ0n) is 13.8. The van der Waals surface area contributed by atoms with Crippen LogP contribution in [0.15, 0.2) is 48.1 Å². The van der Waals surface area contributed by atoms with Crippen molar-refractivity contribution >= 4 is 28.2 Å². The summed E-state index contributed by atoms with van der Waals surface area (Å²) in [4.78, 5) is 16.4. The van der Waals surface area contributed by atoms with Crippen LogP contribution in [-0.2, 0) is 5.41 Å². The molecule has 3 aromatic rings. The van der Waals surface area contributed by atoms with E-state index in [-0.39, 0.29) is 17.1 Å². The van der Waals surface area contributed by atoms with Gasteiger partial charge in [0.25, 0.3) is 5.91 Å². The first-order valence-electron chi connectivity index (χ1n) is 8.19. The van der Waals surface area contributed by atoms with Crippen LogP contribution in [0.3, 0.4) is 0 Å². The van der Waals surface area contributed by atoms with Gasteiger partial charge in [0.05, 0.1) is 5.56 Å². The number of rotatable bonds is 6. The summed E-state index contributed by atoms with van der Waals surface area (Å²) in [5.74, 6) is 0.203. The van der Waals surface area contributed by atoms with E-state index in [4.69, 9.17) is 0 Å². The lowest BCUT2D eigenvalue weighted by molar-refractivity contribution is 0.102. The highest BCUT2D eigenvalue weighted by Crippen LogP contribution is 2.48. The molecule has 4 rings (SSSR count). The largest absolute Gasteiger partial charge is 0.369 e. The van der Waals surface area contributed by atoms with E-state index >= 15 is 0 Å². The minimum atomic E-state index is -0.286. The number of hydrogen-bond acceptors (Lipinski definition) is 6. The predicted molar refractivity (Wildman–Crippen MR) is 97.9 cm³/mol. The normalized spacial score (nSPS) is 14.7. The van der Waals surface area contributed by atoms with Crippen molar-refractivity contribution in [3.63, 3.8) is 0 Å². The van der Waals surface area contributed by atoms with Gasteiger partial charge in [0, 0.05) is 18.2 Å². The number of aromatic nitrogens is 3. The Kier molecular flexibility index (Phi) is 4.34. The summed E-state index contributed by atoms with van der Waals surface area (Å²) >= 11 is 1.25. The first-order chi connectivity index (χ1) is 12.7. The van der Waals surface area contributed by atoms with E-state index in [2.05, 4.69) is 25.8 Å². The van der Waals surface area contributed by atoms with Crippen LogP contribution in [0.2, 0.25) is 0 Å². The molecule has 132 valence electrons. The van der Waals surface area contributed by atoms with E-state index in [1.165, 1.54) is 23.6 Å². The Hall–Kier alpha value is -2.87. The number of hydrogen-bond donors (Lipinski definition) is 2. The summed E-state index contributed by atoms with van der Waals surface area (Å²) in [5, 5.41) is 13.8. The van der Waals surface area contributed by atoms with Crippen LogP contribution >= 0.6 is 11.3 Å². The summed E-state index contributed by atoms with van der Waals surface area (Å²) in [5.41, 5.74) is 2.56. The number of anilines is 2. The molecule has 0 aliphatic heterocycles. The number of benzene rings is 1. The molecular weight excluding hydrogens is 353 g/mol. The van der Waals surface area contributed by atoms with Crippen molar-refractivity contribution < 1.29 is 9.18 Å². The summed E-state index contributed by atoms with van der Waals surface area (Å²) in [6.45, 7) is 0.608. The third-order valence-electron chi connectivity index (χ3n) is 4.51. The lowest BCUT2D eigenvalue weighted by atomic mass is 9.95. The number of halogens is 1. The zero-order valence-corrected chi connectivity index (χ0v) is 14.6. The molecular formula is C18H16FN5OS. The molecule has 1 saturated carbocycles. The van der Waals surface area contributed by atoms with E-state index in [1.807, 2.05) is 12.1 Å². The summed E-state index contributed by atoms with van der Waals surface area (Å²) in [7, 11) is 0. The topological polar surface area (TPSA) is 79.8 Å². The van der Waals surface area contributed by atoms with Crippen molar-refractivity contribution in [1.82, 2.24) is 15.2 Å². The first-order valence-corrected chi connectivity index (χ1v) is 9.07. The number of nitrogens with zero attached hydrogens (tertiary/aromatic N) is 3. The molecule has 1 aliphatic rings. The van der Waals surface area contributed by atoms with Crippen LogP contribution in [-0.4, -0.2) is 27.6 Å². The van der Waals surface area contributed by atoms with Gasteiger partial charge >= 0.3 is 0 Å². The SMILES string of the molecule is O=C(Nc1nncs1)c1ccc(NCC2(c3ccccc3F)CC2)nc1. The molecule has 0 saturated heterocycles. The number of nitrogens with one attached hydrogen (secondary N) is 2. The molecule has 2 aromatic heterocycles. The maximum Gasteiger partial charge on any atom is 0.259 e. The monoisotopic (exact) mass is 369 g/mol. The minimum Gasteiger partial charge on any atom is -0.369 e. The number of carbonyl (C=O) groups excluding carboxylic acids is 1. The highest BCUT2D eigenvalue weighted by molar-refractivity contribution is 7.13. The second-order valence-corrected chi connectivity index (χ2v) is 7.08. The van der Waals surface area contributed by atoms with Crippen molar-refractivity contribution in [2.24, 2.45) is 0 Å². The predicted octanol–water partition coefficient (Wildman–Crippen LogP) is 3.47. The number of pyridine rings is 1. The van der Waals surface area contributed by atoms with Gasteiger partial charge in [-0.25, -0.2) is 9.37 Å². The maximum atomic E-state index is 14.1. The Balaban J connectivity index is 1.39. The Morgan fingerprint density at radius 3 is 2.73 bits per heavy atom. The second kappa shape index (κ2) is 6.80. The summed E-state index contributed by atoms with van der Waals surface area (Å²) in [6.07, 6.45) is 3.40. The van der Waals surface area contributed by atoms with Gasteiger partial charge < -0.3 is 5.32 Å². The summed E-state index contributed by atoms with van der Waals surface area (Å²) < 4.78 is 14.1. The molecule has 1 fully saturated rings. The van der Waals surface area contributed by atoms with Gasteiger partial charge in [-0.1, -0.05) is 29.5 Å². The average Bonchev–Trinajstić information content (AvgIpc) is 3.28. The van der Waals surface area contributed by atoms with Gasteiger partial charge in [0.2, 0.25) is 5.13 Å². The molecule has 6 nitrogen and oxygen atoms in total. The maximum absolute atomic E-state index is 14.1. The van der Waals surface area contributed by atoms with E-state index in [9.17, 15) is 9.18 Å². The van der Waals surface area contributed by atoms with E-state index in [0.29, 0.717) is 23.1 Å². The Labute approximate surface area is 153 Å². The van der Waals surface area contributed by atoms with Crippen molar-refractivity contribution in [3.05, 3.63) is 65.0 Å². The highest BCUT2D eigenvalue weighted by Gasteiger charge is 2.45. The van der Waals surface area contributed by atoms with Gasteiger partial charge in [-0.15, -0.1) is 10.2 Å². The van der Waals surface area contributed by atoms with E-state index in [0.717, 1.165) is 18.4 Å². The minimum absolute atomic E-state index is 0.163. The molecule has 0 radical (unpaired) electrons. The average molecular weight is 369 g/mol. The fourth-order valence-corrected chi connectivity index (χ4v) is 3.31. The molecule has 1 aromatic carbocycles. The van der Waals surface area contributed by atoms with Crippen molar-refractivity contribution in [2.45, 2.75) is 18.3 Å². The standard InChI is InChI=1S/C18H16FN5OS/c19-14-4-2-1-3-13(14)18(7-8-18)10-21-15-6-5-12(9-20-15)16(25)23-17-24-22-11-26-17/h1-6,9,11H,7-8,10H2,(H,20,21)(H,23,24,25). The second-order valence-electron chi connectivity index (χ2n) is 6.24. The lowest BCUT2D eigenvalue weighted by Crippen LogP contribution is -2.21. The first kappa shape index (κ1) is 16.6.